The van der Waals surface area contributed by atoms with E-state index in [0.717, 1.165) is 6.42 Å². The second-order valence-electron chi connectivity index (χ2n) is 2.20. The highest BCUT2D eigenvalue weighted by Gasteiger charge is 2.19. The Morgan fingerprint density at radius 1 is 2.00 bits per heavy atom. The minimum Gasteiger partial charge on any atom is -0.378 e. The number of aliphatic hydroxyl groups is 1. The van der Waals surface area contributed by atoms with Crippen LogP contribution in [0.1, 0.15) is 13.3 Å². The molecule has 1 aliphatic heterocycles. The smallest absolute Gasteiger partial charge is 0.115 e. The molecule has 0 aromatic carbocycles. The normalized spacial score (nSPS) is 30.1. The third-order valence-electron chi connectivity index (χ3n) is 1.36. The maximum absolute atomic E-state index is 8.89. The Hall–Kier alpha value is 0.0100. The van der Waals surface area contributed by atoms with Gasteiger partial charge in [-0.15, -0.1) is 11.8 Å². The van der Waals surface area contributed by atoms with Crippen molar-refractivity contribution in [2.45, 2.75) is 24.8 Å². The van der Waals surface area contributed by atoms with E-state index in [4.69, 9.17) is 10.8 Å². The molecule has 2 nitrogen and oxygen atoms in total. The molecule has 0 fully saturated rings. The quantitative estimate of drug-likeness (QED) is 0.533. The van der Waals surface area contributed by atoms with Gasteiger partial charge in [-0.3, -0.25) is 0 Å². The lowest BCUT2D eigenvalue weighted by Gasteiger charge is -2.10. The van der Waals surface area contributed by atoms with Gasteiger partial charge >= 0.3 is 0 Å². The number of hydrogen-bond donors (Lipinski definition) is 2. The van der Waals surface area contributed by atoms with Crippen molar-refractivity contribution >= 4 is 11.8 Å². The van der Waals surface area contributed by atoms with Gasteiger partial charge in [-0.2, -0.15) is 0 Å². The molecule has 2 unspecified atom stereocenters. The second kappa shape index (κ2) is 2.73. The molecule has 1 aliphatic rings. The summed E-state index contributed by atoms with van der Waals surface area (Å²) in [6, 6.07) is 0. The maximum Gasteiger partial charge on any atom is 0.115 e. The van der Waals surface area contributed by atoms with Crippen LogP contribution in [-0.2, 0) is 0 Å². The van der Waals surface area contributed by atoms with Crippen molar-refractivity contribution in [3.63, 3.8) is 0 Å². The Bertz CT molecular complexity index is 133. The van der Waals surface area contributed by atoms with Gasteiger partial charge in [0.2, 0.25) is 0 Å². The summed E-state index contributed by atoms with van der Waals surface area (Å²) < 4.78 is 0. The molecule has 52 valence electrons. The molecule has 3 N–H and O–H groups in total. The van der Waals surface area contributed by atoms with Crippen LogP contribution in [0.4, 0.5) is 0 Å². The van der Waals surface area contributed by atoms with Crippen LogP contribution in [0.2, 0.25) is 0 Å². The summed E-state index contributed by atoms with van der Waals surface area (Å²) in [5, 5.41) is 9.09. The molecule has 0 aliphatic carbocycles. The van der Waals surface area contributed by atoms with Gasteiger partial charge in [0.25, 0.3) is 0 Å². The van der Waals surface area contributed by atoms with Gasteiger partial charge in [0.1, 0.15) is 6.23 Å². The van der Waals surface area contributed by atoms with Gasteiger partial charge in [-0.25, -0.2) is 0 Å². The lowest BCUT2D eigenvalue weighted by atomic mass is 10.3. The molecule has 2 atom stereocenters. The number of hydrogen-bond acceptors (Lipinski definition) is 3. The highest BCUT2D eigenvalue weighted by molar-refractivity contribution is 8.03. The van der Waals surface area contributed by atoms with Crippen molar-refractivity contribution in [1.82, 2.24) is 0 Å². The molecule has 1 heterocycles. The van der Waals surface area contributed by atoms with Gasteiger partial charge < -0.3 is 10.8 Å². The van der Waals surface area contributed by atoms with Gasteiger partial charge in [0.15, 0.2) is 0 Å². The topological polar surface area (TPSA) is 46.2 Å². The predicted molar refractivity (Wildman–Crippen MR) is 39.9 cm³/mol. The van der Waals surface area contributed by atoms with Crippen LogP contribution in [0.25, 0.3) is 0 Å². The third kappa shape index (κ3) is 1.71. The van der Waals surface area contributed by atoms with Crippen molar-refractivity contribution < 1.29 is 5.11 Å². The highest BCUT2D eigenvalue weighted by Crippen LogP contribution is 2.32. The zero-order chi connectivity index (χ0) is 6.85. The second-order valence-corrected chi connectivity index (χ2v) is 3.68. The molecule has 0 amide bonds. The first-order valence-electron chi connectivity index (χ1n) is 2.97. The summed E-state index contributed by atoms with van der Waals surface area (Å²) in [4.78, 5) is 1.27. The number of rotatable bonds is 1. The number of thioether (sulfide) groups is 1. The van der Waals surface area contributed by atoms with Crippen molar-refractivity contribution in [1.29, 1.82) is 0 Å². The van der Waals surface area contributed by atoms with E-state index in [1.54, 1.807) is 11.8 Å². The zero-order valence-corrected chi connectivity index (χ0v) is 6.19. The van der Waals surface area contributed by atoms with E-state index >= 15 is 0 Å². The largest absolute Gasteiger partial charge is 0.378 e. The van der Waals surface area contributed by atoms with Crippen LogP contribution in [-0.4, -0.2) is 16.6 Å². The summed E-state index contributed by atoms with van der Waals surface area (Å²) in [5.74, 6) is 0. The molecule has 0 aromatic heterocycles. The van der Waals surface area contributed by atoms with E-state index in [2.05, 4.69) is 6.08 Å². The predicted octanol–water partition coefficient (Wildman–Crippen LogP) is 0.673. The molecular weight excluding hydrogens is 134 g/mol. The van der Waals surface area contributed by atoms with Gasteiger partial charge in [-0.1, -0.05) is 6.08 Å². The van der Waals surface area contributed by atoms with E-state index in [0.29, 0.717) is 0 Å². The van der Waals surface area contributed by atoms with Crippen molar-refractivity contribution in [2.24, 2.45) is 5.73 Å². The van der Waals surface area contributed by atoms with Gasteiger partial charge in [0, 0.05) is 0 Å². The molecule has 3 heteroatoms. The first-order valence-corrected chi connectivity index (χ1v) is 3.85. The van der Waals surface area contributed by atoms with Crippen molar-refractivity contribution in [3.8, 4) is 0 Å². The van der Waals surface area contributed by atoms with Crippen LogP contribution in [0.3, 0.4) is 0 Å². The average molecular weight is 145 g/mol. The number of aliphatic hydroxyl groups excluding tert-OH is 1. The van der Waals surface area contributed by atoms with Gasteiger partial charge in [-0.05, 0) is 18.2 Å². The standard InChI is InChI=1S/C6H11NOS/c1-4-2-3-5(9-4)6(7)8/h2,5-6,8H,3,7H2,1H3. The van der Waals surface area contributed by atoms with E-state index in [1.807, 2.05) is 6.92 Å². The molecule has 1 rings (SSSR count). The summed E-state index contributed by atoms with van der Waals surface area (Å²) in [6.45, 7) is 2.03. The lowest BCUT2D eigenvalue weighted by Crippen LogP contribution is -2.30. The fraction of sp³-hybridized carbons (Fsp3) is 0.667. The number of allylic oxidation sites excluding steroid dienone is 2. The van der Waals surface area contributed by atoms with Crippen LogP contribution < -0.4 is 5.73 Å². The summed E-state index contributed by atoms with van der Waals surface area (Å²) >= 11 is 1.66. The van der Waals surface area contributed by atoms with E-state index < -0.39 is 6.23 Å². The van der Waals surface area contributed by atoms with E-state index in [-0.39, 0.29) is 5.25 Å². The minimum absolute atomic E-state index is 0.199. The summed E-state index contributed by atoms with van der Waals surface area (Å²) in [6.07, 6.45) is 2.35. The molecule has 0 aromatic rings. The first kappa shape index (κ1) is 7.12. The summed E-state index contributed by atoms with van der Waals surface area (Å²) in [5.41, 5.74) is 5.26. The minimum atomic E-state index is -0.663. The van der Waals surface area contributed by atoms with Crippen LogP contribution in [0.15, 0.2) is 11.0 Å². The van der Waals surface area contributed by atoms with E-state index in [1.165, 1.54) is 4.91 Å². The molecular formula is C6H11NOS. The Morgan fingerprint density at radius 3 is 2.89 bits per heavy atom. The van der Waals surface area contributed by atoms with Crippen molar-refractivity contribution in [3.05, 3.63) is 11.0 Å². The molecule has 0 spiro atoms. The molecule has 0 saturated carbocycles. The molecule has 9 heavy (non-hydrogen) atoms. The highest BCUT2D eigenvalue weighted by atomic mass is 32.2. The van der Waals surface area contributed by atoms with E-state index in [9.17, 15) is 0 Å². The monoisotopic (exact) mass is 145 g/mol. The maximum atomic E-state index is 8.89. The molecule has 0 bridgehead atoms. The Balaban J connectivity index is 2.37. The van der Waals surface area contributed by atoms with Crippen LogP contribution in [0.5, 0.6) is 0 Å². The molecule has 0 radical (unpaired) electrons. The van der Waals surface area contributed by atoms with Gasteiger partial charge in [0.05, 0.1) is 5.25 Å². The Labute approximate surface area is 59.1 Å². The molecule has 0 saturated heterocycles. The SMILES string of the molecule is CC1=CCC(C(N)O)S1. The lowest BCUT2D eigenvalue weighted by molar-refractivity contribution is 0.180. The fourth-order valence-corrected chi connectivity index (χ4v) is 1.83. The third-order valence-corrected chi connectivity index (χ3v) is 2.67. The summed E-state index contributed by atoms with van der Waals surface area (Å²) in [7, 11) is 0. The Kier molecular flexibility index (Phi) is 2.16. The Morgan fingerprint density at radius 2 is 2.67 bits per heavy atom. The first-order chi connectivity index (χ1) is 4.20. The average Bonchev–Trinajstić information content (AvgIpc) is 2.14. The fourth-order valence-electron chi connectivity index (χ4n) is 0.826. The van der Waals surface area contributed by atoms with Crippen LogP contribution in [0, 0.1) is 0 Å². The van der Waals surface area contributed by atoms with Crippen LogP contribution >= 0.6 is 11.8 Å². The van der Waals surface area contributed by atoms with Crippen molar-refractivity contribution in [2.75, 3.05) is 0 Å². The number of nitrogens with two attached hydrogens (primary N) is 1. The zero-order valence-electron chi connectivity index (χ0n) is 5.37.